The van der Waals surface area contributed by atoms with Gasteiger partial charge in [0.1, 0.15) is 0 Å². The third kappa shape index (κ3) is 5.58. The summed E-state index contributed by atoms with van der Waals surface area (Å²) < 4.78 is 5.93. The number of rotatable bonds is 7. The maximum absolute atomic E-state index is 12.5. The molecule has 3 N–H and O–H groups in total. The van der Waals surface area contributed by atoms with Crippen LogP contribution in [0.1, 0.15) is 37.8 Å². The van der Waals surface area contributed by atoms with Crippen molar-refractivity contribution in [3.63, 3.8) is 0 Å². The van der Waals surface area contributed by atoms with Gasteiger partial charge in [0.2, 0.25) is 5.91 Å². The third-order valence-corrected chi connectivity index (χ3v) is 5.86. The van der Waals surface area contributed by atoms with E-state index < -0.39 is 0 Å². The fourth-order valence-corrected chi connectivity index (χ4v) is 4.01. The molecule has 0 saturated heterocycles. The molecule has 3 rings (SSSR count). The van der Waals surface area contributed by atoms with Crippen LogP contribution in [0.4, 0.5) is 10.7 Å². The van der Waals surface area contributed by atoms with Crippen LogP contribution in [0.2, 0.25) is 0 Å². The molecule has 0 aliphatic carbocycles. The zero-order chi connectivity index (χ0) is 21.7. The summed E-state index contributed by atoms with van der Waals surface area (Å²) in [6.45, 7) is 3.89. The van der Waals surface area contributed by atoms with E-state index in [1.54, 1.807) is 25.1 Å². The predicted molar refractivity (Wildman–Crippen MR) is 120 cm³/mol. The van der Waals surface area contributed by atoms with E-state index >= 15 is 0 Å². The van der Waals surface area contributed by atoms with Crippen LogP contribution in [-0.2, 0) is 4.79 Å². The number of aryl methyl sites for hydroxylation is 2. The van der Waals surface area contributed by atoms with Crippen molar-refractivity contribution < 1.29 is 18.8 Å². The lowest BCUT2D eigenvalue weighted by molar-refractivity contribution is -0.116. The van der Waals surface area contributed by atoms with Crippen LogP contribution in [0, 0.1) is 13.8 Å². The van der Waals surface area contributed by atoms with Crippen molar-refractivity contribution in [1.29, 1.82) is 0 Å². The van der Waals surface area contributed by atoms with Crippen LogP contribution in [0.15, 0.2) is 51.6 Å². The van der Waals surface area contributed by atoms with E-state index in [4.69, 9.17) is 4.42 Å². The smallest absolute Gasteiger partial charge is 0.291 e. The van der Waals surface area contributed by atoms with Gasteiger partial charge in [0.25, 0.3) is 11.8 Å². The molecule has 1 aromatic carbocycles. The van der Waals surface area contributed by atoms with Gasteiger partial charge < -0.3 is 20.4 Å². The van der Waals surface area contributed by atoms with Gasteiger partial charge in [0.05, 0.1) is 16.1 Å². The number of anilines is 2. The molecule has 0 aliphatic heterocycles. The zero-order valence-corrected chi connectivity index (χ0v) is 18.8. The molecular weight excluding hydrogens is 470 g/mol. The summed E-state index contributed by atoms with van der Waals surface area (Å²) >= 11 is 4.55. The first-order valence-electron chi connectivity index (χ1n) is 9.13. The van der Waals surface area contributed by atoms with Crippen LogP contribution in [0.3, 0.4) is 0 Å². The first-order chi connectivity index (χ1) is 14.3. The van der Waals surface area contributed by atoms with Crippen LogP contribution in [0.5, 0.6) is 0 Å². The number of carbonyl (C=O) groups is 3. The first-order valence-corrected chi connectivity index (χ1v) is 10.7. The quantitative estimate of drug-likeness (QED) is 0.446. The maximum Gasteiger partial charge on any atom is 0.291 e. The lowest BCUT2D eigenvalue weighted by atomic mass is 10.2. The molecule has 0 saturated carbocycles. The molecule has 0 aliphatic rings. The van der Waals surface area contributed by atoms with Gasteiger partial charge in [0, 0.05) is 23.1 Å². The standard InChI is InChI=1S/C21H20BrN3O4S/c1-12-5-6-14(22)11-15(12)24-17(26)7-8-23-21(28)19-13(2)10-18(30-19)25-20(27)16-4-3-9-29-16/h3-6,9-11H,7-8H2,1-2H3,(H,23,28)(H,24,26)(H,25,27). The minimum Gasteiger partial charge on any atom is -0.459 e. The molecule has 7 nitrogen and oxygen atoms in total. The summed E-state index contributed by atoms with van der Waals surface area (Å²) in [6.07, 6.45) is 1.56. The number of nitrogens with one attached hydrogen (secondary N) is 3. The Hall–Kier alpha value is -2.91. The molecule has 2 heterocycles. The van der Waals surface area contributed by atoms with Crippen molar-refractivity contribution in [3.05, 3.63) is 68.9 Å². The first kappa shape index (κ1) is 21.8. The topological polar surface area (TPSA) is 100 Å². The number of hydrogen-bond acceptors (Lipinski definition) is 5. The molecule has 0 spiro atoms. The van der Waals surface area contributed by atoms with Crippen LogP contribution >= 0.6 is 27.3 Å². The van der Waals surface area contributed by atoms with E-state index in [1.165, 1.54) is 17.6 Å². The number of amides is 3. The fraction of sp³-hybridized carbons (Fsp3) is 0.190. The second-order valence-electron chi connectivity index (χ2n) is 6.57. The van der Waals surface area contributed by atoms with Gasteiger partial charge in [0.15, 0.2) is 5.76 Å². The van der Waals surface area contributed by atoms with Crippen molar-refractivity contribution in [1.82, 2.24) is 5.32 Å². The molecule has 9 heteroatoms. The van der Waals surface area contributed by atoms with Crippen molar-refractivity contribution in [2.45, 2.75) is 20.3 Å². The average molecular weight is 490 g/mol. The highest BCUT2D eigenvalue weighted by Crippen LogP contribution is 2.27. The van der Waals surface area contributed by atoms with Gasteiger partial charge >= 0.3 is 0 Å². The van der Waals surface area contributed by atoms with Crippen molar-refractivity contribution in [2.75, 3.05) is 17.2 Å². The monoisotopic (exact) mass is 489 g/mol. The summed E-state index contributed by atoms with van der Waals surface area (Å²) in [5.41, 5.74) is 2.42. The van der Waals surface area contributed by atoms with Gasteiger partial charge in [-0.1, -0.05) is 22.0 Å². The lowest BCUT2D eigenvalue weighted by Gasteiger charge is -2.09. The summed E-state index contributed by atoms with van der Waals surface area (Å²) in [5, 5.41) is 8.84. The van der Waals surface area contributed by atoms with E-state index in [0.717, 1.165) is 21.3 Å². The highest BCUT2D eigenvalue weighted by molar-refractivity contribution is 9.10. The van der Waals surface area contributed by atoms with Crippen molar-refractivity contribution >= 4 is 55.7 Å². The van der Waals surface area contributed by atoms with Crippen molar-refractivity contribution in [2.24, 2.45) is 0 Å². The summed E-state index contributed by atoms with van der Waals surface area (Å²) in [6, 6.07) is 10.6. The Bertz CT molecular complexity index is 1080. The van der Waals surface area contributed by atoms with E-state index in [2.05, 4.69) is 31.9 Å². The molecule has 0 atom stereocenters. The van der Waals surface area contributed by atoms with Gasteiger partial charge in [-0.3, -0.25) is 14.4 Å². The Morgan fingerprint density at radius 3 is 2.57 bits per heavy atom. The highest BCUT2D eigenvalue weighted by Gasteiger charge is 2.16. The molecule has 30 heavy (non-hydrogen) atoms. The minimum absolute atomic E-state index is 0.143. The van der Waals surface area contributed by atoms with Gasteiger partial charge in [-0.05, 0) is 55.3 Å². The summed E-state index contributed by atoms with van der Waals surface area (Å²) in [5.74, 6) is -0.667. The molecule has 0 radical (unpaired) electrons. The van der Waals surface area contributed by atoms with Crippen molar-refractivity contribution in [3.8, 4) is 0 Å². The van der Waals surface area contributed by atoms with Gasteiger partial charge in [-0.2, -0.15) is 0 Å². The number of hydrogen-bond donors (Lipinski definition) is 3. The second kappa shape index (κ2) is 9.73. The average Bonchev–Trinajstić information content (AvgIpc) is 3.34. The number of thiophene rings is 1. The van der Waals surface area contributed by atoms with E-state index in [-0.39, 0.29) is 36.4 Å². The Kier molecular flexibility index (Phi) is 7.07. The number of halogens is 1. The Morgan fingerprint density at radius 2 is 1.83 bits per heavy atom. The SMILES string of the molecule is Cc1ccc(Br)cc1NC(=O)CCNC(=O)c1sc(NC(=O)c2ccco2)cc1C. The van der Waals surface area contributed by atoms with Gasteiger partial charge in [-0.25, -0.2) is 0 Å². The maximum atomic E-state index is 12.5. The molecule has 2 aromatic heterocycles. The summed E-state index contributed by atoms with van der Waals surface area (Å²) in [7, 11) is 0. The fourth-order valence-electron chi connectivity index (χ4n) is 2.66. The molecule has 156 valence electrons. The molecular formula is C21H20BrN3O4S. The van der Waals surface area contributed by atoms with Crippen LogP contribution in [0.25, 0.3) is 0 Å². The van der Waals surface area contributed by atoms with Crippen LogP contribution < -0.4 is 16.0 Å². The second-order valence-corrected chi connectivity index (χ2v) is 8.54. The molecule has 0 bridgehead atoms. The number of carbonyl (C=O) groups excluding carboxylic acids is 3. The molecule has 0 fully saturated rings. The number of benzene rings is 1. The summed E-state index contributed by atoms with van der Waals surface area (Å²) in [4.78, 5) is 37.2. The highest BCUT2D eigenvalue weighted by atomic mass is 79.9. The Morgan fingerprint density at radius 1 is 1.03 bits per heavy atom. The Labute approximate surface area is 186 Å². The third-order valence-electron chi connectivity index (χ3n) is 4.22. The normalized spacial score (nSPS) is 10.5. The number of furan rings is 1. The molecule has 3 aromatic rings. The van der Waals surface area contributed by atoms with E-state index in [1.807, 2.05) is 25.1 Å². The lowest BCUT2D eigenvalue weighted by Crippen LogP contribution is -2.27. The van der Waals surface area contributed by atoms with E-state index in [0.29, 0.717) is 9.88 Å². The zero-order valence-electron chi connectivity index (χ0n) is 16.4. The Balaban J connectivity index is 1.51. The minimum atomic E-state index is -0.382. The largest absolute Gasteiger partial charge is 0.459 e. The van der Waals surface area contributed by atoms with E-state index in [9.17, 15) is 14.4 Å². The molecule has 3 amide bonds. The predicted octanol–water partition coefficient (Wildman–Crippen LogP) is 4.73. The van der Waals surface area contributed by atoms with Gasteiger partial charge in [-0.15, -0.1) is 11.3 Å². The molecule has 0 unspecified atom stereocenters. The van der Waals surface area contributed by atoms with Crippen LogP contribution in [-0.4, -0.2) is 24.3 Å².